The smallest absolute Gasteiger partial charge is 0.193 e. The van der Waals surface area contributed by atoms with E-state index in [2.05, 4.69) is 50.0 Å². The van der Waals surface area contributed by atoms with E-state index >= 15 is 0 Å². The van der Waals surface area contributed by atoms with Crippen LogP contribution in [0.25, 0.3) is 0 Å². The predicted molar refractivity (Wildman–Crippen MR) is 129 cm³/mol. The second kappa shape index (κ2) is 12.0. The number of unbranched alkanes of at least 4 members (excludes halogenated alkanes) is 1. The number of aromatic nitrogens is 2. The fraction of sp³-hybridized carbons (Fsp3) is 0.545. The first-order chi connectivity index (χ1) is 13.7. The minimum Gasteiger partial charge on any atom is -0.497 e. The molecule has 0 bridgehead atoms. The molecule has 3 rings (SSSR count). The van der Waals surface area contributed by atoms with E-state index in [1.54, 1.807) is 7.11 Å². The maximum Gasteiger partial charge on any atom is 0.193 e. The second-order valence-corrected chi connectivity index (χ2v) is 7.57. The summed E-state index contributed by atoms with van der Waals surface area (Å²) in [4.78, 5) is 11.1. The lowest BCUT2D eigenvalue weighted by atomic mass is 9.93. The van der Waals surface area contributed by atoms with Crippen LogP contribution in [0.15, 0.2) is 48.0 Å². The van der Waals surface area contributed by atoms with E-state index in [9.17, 15) is 0 Å². The number of piperidine rings is 1. The average molecular weight is 511 g/mol. The Morgan fingerprint density at radius 1 is 1.28 bits per heavy atom. The third-order valence-electron chi connectivity index (χ3n) is 5.67. The van der Waals surface area contributed by atoms with Crippen LogP contribution in [-0.2, 0) is 6.42 Å². The van der Waals surface area contributed by atoms with Crippen LogP contribution in [0.2, 0.25) is 0 Å². The number of aryl methyl sites for hydroxylation is 1. The van der Waals surface area contributed by atoms with E-state index in [0.29, 0.717) is 12.0 Å². The maximum atomic E-state index is 5.21. The topological polar surface area (TPSA) is 54.7 Å². The summed E-state index contributed by atoms with van der Waals surface area (Å²) in [6.45, 7) is 5.31. The highest BCUT2D eigenvalue weighted by Gasteiger charge is 2.28. The SMILES string of the molecule is CN=C(NCCCCc1ccc(OC)cc1)N1CCC(C)C(n2ccnc2)C1.I. The Balaban J connectivity index is 0.00000300. The molecule has 0 spiro atoms. The van der Waals surface area contributed by atoms with Crippen molar-refractivity contribution in [2.45, 2.75) is 38.6 Å². The molecule has 2 heterocycles. The van der Waals surface area contributed by atoms with Crippen LogP contribution in [0.5, 0.6) is 5.75 Å². The van der Waals surface area contributed by atoms with Gasteiger partial charge in [0.25, 0.3) is 0 Å². The molecule has 160 valence electrons. The minimum absolute atomic E-state index is 0. The Labute approximate surface area is 191 Å². The van der Waals surface area contributed by atoms with Gasteiger partial charge in [-0.15, -0.1) is 24.0 Å². The van der Waals surface area contributed by atoms with Crippen LogP contribution in [0, 0.1) is 5.92 Å². The molecule has 1 aliphatic rings. The molecule has 1 aromatic heterocycles. The van der Waals surface area contributed by atoms with Crippen LogP contribution in [0.3, 0.4) is 0 Å². The average Bonchev–Trinajstić information content (AvgIpc) is 3.26. The van der Waals surface area contributed by atoms with Crippen molar-refractivity contribution in [3.63, 3.8) is 0 Å². The fourth-order valence-corrected chi connectivity index (χ4v) is 3.87. The molecule has 1 aromatic carbocycles. The van der Waals surface area contributed by atoms with Gasteiger partial charge in [0.2, 0.25) is 0 Å². The highest BCUT2D eigenvalue weighted by atomic mass is 127. The van der Waals surface area contributed by atoms with Crippen molar-refractivity contribution in [2.24, 2.45) is 10.9 Å². The highest BCUT2D eigenvalue weighted by molar-refractivity contribution is 14.0. The van der Waals surface area contributed by atoms with Crippen LogP contribution < -0.4 is 10.1 Å². The number of methoxy groups -OCH3 is 1. The summed E-state index contributed by atoms with van der Waals surface area (Å²) in [7, 11) is 3.58. The number of aliphatic imine (C=N–C) groups is 1. The zero-order chi connectivity index (χ0) is 19.8. The van der Waals surface area contributed by atoms with E-state index in [0.717, 1.165) is 50.6 Å². The fourth-order valence-electron chi connectivity index (χ4n) is 3.87. The number of rotatable bonds is 7. The Morgan fingerprint density at radius 2 is 2.07 bits per heavy atom. The number of nitrogens with one attached hydrogen (secondary N) is 1. The van der Waals surface area contributed by atoms with Crippen molar-refractivity contribution in [3.8, 4) is 5.75 Å². The summed E-state index contributed by atoms with van der Waals surface area (Å²) in [5.41, 5.74) is 1.36. The van der Waals surface area contributed by atoms with Crippen molar-refractivity contribution >= 4 is 29.9 Å². The lowest BCUT2D eigenvalue weighted by Gasteiger charge is -2.39. The number of imidazole rings is 1. The van der Waals surface area contributed by atoms with Gasteiger partial charge in [-0.3, -0.25) is 4.99 Å². The lowest BCUT2D eigenvalue weighted by Crippen LogP contribution is -2.49. The molecule has 29 heavy (non-hydrogen) atoms. The number of halogens is 1. The molecule has 2 atom stereocenters. The molecule has 1 saturated heterocycles. The van der Waals surface area contributed by atoms with Gasteiger partial charge in [-0.1, -0.05) is 19.1 Å². The molecular formula is C22H34IN5O. The molecule has 0 radical (unpaired) electrons. The van der Waals surface area contributed by atoms with Crippen LogP contribution >= 0.6 is 24.0 Å². The number of hydrogen-bond donors (Lipinski definition) is 1. The van der Waals surface area contributed by atoms with E-state index < -0.39 is 0 Å². The van der Waals surface area contributed by atoms with Gasteiger partial charge in [-0.2, -0.15) is 0 Å². The first kappa shape index (κ1) is 23.5. The zero-order valence-electron chi connectivity index (χ0n) is 17.8. The quantitative estimate of drug-likeness (QED) is 0.265. The van der Waals surface area contributed by atoms with Crippen molar-refractivity contribution in [1.82, 2.24) is 19.8 Å². The van der Waals surface area contributed by atoms with E-state index in [1.165, 1.54) is 12.0 Å². The maximum absolute atomic E-state index is 5.21. The van der Waals surface area contributed by atoms with Gasteiger partial charge in [0.05, 0.1) is 19.5 Å². The Bertz CT molecular complexity index is 732. The van der Waals surface area contributed by atoms with Gasteiger partial charge < -0.3 is 19.5 Å². The summed E-state index contributed by atoms with van der Waals surface area (Å²) in [6, 6.07) is 8.81. The molecule has 1 fully saturated rings. The third kappa shape index (κ3) is 6.62. The summed E-state index contributed by atoms with van der Waals surface area (Å²) in [5, 5.41) is 3.56. The van der Waals surface area contributed by atoms with Crippen molar-refractivity contribution in [2.75, 3.05) is 33.8 Å². The molecule has 2 aromatic rings. The summed E-state index contributed by atoms with van der Waals surface area (Å²) >= 11 is 0. The van der Waals surface area contributed by atoms with Gasteiger partial charge >= 0.3 is 0 Å². The molecule has 1 N–H and O–H groups in total. The molecular weight excluding hydrogens is 477 g/mol. The Morgan fingerprint density at radius 3 is 2.72 bits per heavy atom. The monoisotopic (exact) mass is 511 g/mol. The molecule has 2 unspecified atom stereocenters. The number of nitrogens with zero attached hydrogens (tertiary/aromatic N) is 4. The summed E-state index contributed by atoms with van der Waals surface area (Å²) in [6.07, 6.45) is 10.4. The van der Waals surface area contributed by atoms with E-state index in [1.807, 2.05) is 31.7 Å². The number of likely N-dealkylation sites (tertiary alicyclic amines) is 1. The minimum atomic E-state index is 0. The van der Waals surface area contributed by atoms with Gasteiger partial charge in [0, 0.05) is 39.1 Å². The third-order valence-corrected chi connectivity index (χ3v) is 5.67. The number of guanidine groups is 1. The number of benzene rings is 1. The summed E-state index contributed by atoms with van der Waals surface area (Å²) < 4.78 is 7.45. The van der Waals surface area contributed by atoms with Crippen molar-refractivity contribution < 1.29 is 4.74 Å². The Hall–Kier alpha value is -1.77. The van der Waals surface area contributed by atoms with E-state index in [4.69, 9.17) is 4.74 Å². The van der Waals surface area contributed by atoms with Gasteiger partial charge in [0.15, 0.2) is 5.96 Å². The van der Waals surface area contributed by atoms with Crippen LogP contribution in [-0.4, -0.2) is 54.2 Å². The Kier molecular flexibility index (Phi) is 9.76. The van der Waals surface area contributed by atoms with Crippen LogP contribution in [0.4, 0.5) is 0 Å². The van der Waals surface area contributed by atoms with Gasteiger partial charge in [0.1, 0.15) is 5.75 Å². The number of ether oxygens (including phenoxy) is 1. The molecule has 1 aliphatic heterocycles. The lowest BCUT2D eigenvalue weighted by molar-refractivity contribution is 0.189. The second-order valence-electron chi connectivity index (χ2n) is 7.57. The summed E-state index contributed by atoms with van der Waals surface area (Å²) in [5.74, 6) is 2.58. The van der Waals surface area contributed by atoms with Crippen molar-refractivity contribution in [1.29, 1.82) is 0 Å². The van der Waals surface area contributed by atoms with Crippen LogP contribution in [0.1, 0.15) is 37.8 Å². The largest absolute Gasteiger partial charge is 0.497 e. The van der Waals surface area contributed by atoms with E-state index in [-0.39, 0.29) is 24.0 Å². The molecule has 7 heteroatoms. The molecule has 0 amide bonds. The van der Waals surface area contributed by atoms with Crippen molar-refractivity contribution in [3.05, 3.63) is 48.5 Å². The number of hydrogen-bond acceptors (Lipinski definition) is 3. The zero-order valence-corrected chi connectivity index (χ0v) is 20.1. The van der Waals surface area contributed by atoms with Gasteiger partial charge in [-0.25, -0.2) is 4.98 Å². The highest BCUT2D eigenvalue weighted by Crippen LogP contribution is 2.27. The van der Waals surface area contributed by atoms with Gasteiger partial charge in [-0.05, 0) is 49.3 Å². The standard InChI is InChI=1S/C22H33N5O.HI/c1-18-11-14-26(16-21(18)27-15-13-24-17-27)22(23-2)25-12-5-4-6-19-7-9-20(28-3)10-8-19;/h7-10,13,15,17-18,21H,4-6,11-12,14,16H2,1-3H3,(H,23,25);1H. The molecule has 0 saturated carbocycles. The first-order valence-electron chi connectivity index (χ1n) is 10.3. The molecule has 6 nitrogen and oxygen atoms in total. The predicted octanol–water partition coefficient (Wildman–Crippen LogP) is 3.99. The molecule has 0 aliphatic carbocycles. The normalized spacial score (nSPS) is 19.6. The first-order valence-corrected chi connectivity index (χ1v) is 10.3.